The summed E-state index contributed by atoms with van der Waals surface area (Å²) in [5.41, 5.74) is 1.60. The Bertz CT molecular complexity index is 984. The summed E-state index contributed by atoms with van der Waals surface area (Å²) in [5, 5.41) is 13.0. The lowest BCUT2D eigenvalue weighted by Gasteiger charge is -2.10. The molecule has 2 aromatic carbocycles. The monoisotopic (exact) mass is 414 g/mol. The van der Waals surface area contributed by atoms with Crippen LogP contribution in [0.5, 0.6) is 0 Å². The number of hydrogen-bond donors (Lipinski definition) is 1. The summed E-state index contributed by atoms with van der Waals surface area (Å²) in [6.45, 7) is 0. The van der Waals surface area contributed by atoms with Crippen LogP contribution < -0.4 is 5.32 Å². The second-order valence-electron chi connectivity index (χ2n) is 5.34. The van der Waals surface area contributed by atoms with Gasteiger partial charge in [0.25, 0.3) is 0 Å². The van der Waals surface area contributed by atoms with Gasteiger partial charge in [-0.1, -0.05) is 41.6 Å². The topological polar surface area (TPSA) is 70.7 Å². The molecule has 0 spiro atoms. The number of nitriles is 1. The molecule has 0 aliphatic heterocycles. The molecule has 0 bridgehead atoms. The first-order valence-corrected chi connectivity index (χ1v) is 10.3. The molecule has 0 radical (unpaired) electrons. The molecule has 1 amide bonds. The van der Waals surface area contributed by atoms with Crippen molar-refractivity contribution in [1.29, 1.82) is 5.26 Å². The summed E-state index contributed by atoms with van der Waals surface area (Å²) in [7, 11) is 0. The third-order valence-electron chi connectivity index (χ3n) is 3.48. The lowest BCUT2D eigenvalue weighted by Crippen LogP contribution is -2.15. The van der Waals surface area contributed by atoms with E-state index in [0.29, 0.717) is 21.6 Å². The van der Waals surface area contributed by atoms with E-state index in [0.717, 1.165) is 10.6 Å². The Morgan fingerprint density at radius 3 is 2.89 bits per heavy atom. The quantitative estimate of drug-likeness (QED) is 0.558. The lowest BCUT2D eigenvalue weighted by molar-refractivity contribution is -0.113. The summed E-state index contributed by atoms with van der Waals surface area (Å²) in [5.74, 6) is 0.415. The fraction of sp³-hybridized carbons (Fsp3) is 0.105. The molecule has 1 aromatic heterocycles. The highest BCUT2D eigenvalue weighted by molar-refractivity contribution is 8.00. The van der Waals surface area contributed by atoms with Crippen molar-refractivity contribution in [2.24, 2.45) is 0 Å². The van der Waals surface area contributed by atoms with E-state index < -0.39 is 0 Å². The van der Waals surface area contributed by atoms with E-state index in [1.165, 1.54) is 23.5 Å². The molecule has 1 N–H and O–H groups in total. The largest absolute Gasteiger partial charge is 0.324 e. The molecule has 0 unspecified atom stereocenters. The van der Waals surface area contributed by atoms with Crippen LogP contribution in [0.2, 0.25) is 5.02 Å². The number of para-hydroxylation sites is 1. The summed E-state index contributed by atoms with van der Waals surface area (Å²) in [4.78, 5) is 17.6. The number of nitrogens with one attached hydrogen (secondary N) is 1. The van der Waals surface area contributed by atoms with Crippen LogP contribution in [-0.4, -0.2) is 27.0 Å². The number of hydrogen-bond acceptors (Lipinski definition) is 5. The molecular weight excluding hydrogens is 400 g/mol. The fourth-order valence-corrected chi connectivity index (χ4v) is 3.97. The van der Waals surface area contributed by atoms with Gasteiger partial charge in [-0.2, -0.15) is 5.26 Å². The zero-order chi connectivity index (χ0) is 19.1. The molecule has 1 heterocycles. The molecule has 0 saturated heterocycles. The Hall–Kier alpha value is -2.40. The Labute approximate surface area is 170 Å². The Balaban J connectivity index is 1.64. The molecule has 8 heteroatoms. The number of imidazole rings is 1. The zero-order valence-electron chi connectivity index (χ0n) is 14.1. The van der Waals surface area contributed by atoms with E-state index >= 15 is 0 Å². The van der Waals surface area contributed by atoms with Gasteiger partial charge in [-0.25, -0.2) is 4.98 Å². The highest BCUT2D eigenvalue weighted by atomic mass is 35.5. The Morgan fingerprint density at radius 2 is 2.07 bits per heavy atom. The number of rotatable bonds is 7. The van der Waals surface area contributed by atoms with Crippen molar-refractivity contribution >= 4 is 46.7 Å². The van der Waals surface area contributed by atoms with Crippen LogP contribution in [0.4, 0.5) is 5.69 Å². The number of nitrogens with zero attached hydrogens (tertiary/aromatic N) is 3. The van der Waals surface area contributed by atoms with Crippen molar-refractivity contribution in [1.82, 2.24) is 9.55 Å². The second-order valence-corrected chi connectivity index (χ2v) is 7.74. The van der Waals surface area contributed by atoms with Crippen LogP contribution in [0.1, 0.15) is 0 Å². The van der Waals surface area contributed by atoms with Gasteiger partial charge in [0.1, 0.15) is 0 Å². The number of carbonyl (C=O) groups excluding carboxylic acids is 1. The van der Waals surface area contributed by atoms with E-state index in [2.05, 4.69) is 16.4 Å². The first-order valence-electron chi connectivity index (χ1n) is 7.98. The van der Waals surface area contributed by atoms with Gasteiger partial charge in [0.05, 0.1) is 23.3 Å². The first-order chi connectivity index (χ1) is 13.2. The van der Waals surface area contributed by atoms with Gasteiger partial charge in [0.2, 0.25) is 5.91 Å². The number of benzene rings is 2. The predicted octanol–water partition coefficient (Wildman–Crippen LogP) is 4.87. The number of amides is 1. The van der Waals surface area contributed by atoms with E-state index in [-0.39, 0.29) is 11.7 Å². The average Bonchev–Trinajstić information content (AvgIpc) is 3.14. The predicted molar refractivity (Wildman–Crippen MR) is 111 cm³/mol. The molecular formula is C19H15ClN4OS2. The van der Waals surface area contributed by atoms with Gasteiger partial charge in [0, 0.05) is 28.0 Å². The molecule has 27 heavy (non-hydrogen) atoms. The van der Waals surface area contributed by atoms with Crippen molar-refractivity contribution < 1.29 is 4.79 Å². The minimum absolute atomic E-state index is 0.134. The average molecular weight is 415 g/mol. The third kappa shape index (κ3) is 5.30. The molecule has 0 saturated carbocycles. The van der Waals surface area contributed by atoms with Gasteiger partial charge < -0.3 is 5.32 Å². The Morgan fingerprint density at radius 1 is 1.22 bits per heavy atom. The molecule has 3 rings (SSSR count). The van der Waals surface area contributed by atoms with Crippen LogP contribution in [0.3, 0.4) is 0 Å². The normalized spacial score (nSPS) is 10.4. The smallest absolute Gasteiger partial charge is 0.234 e. The van der Waals surface area contributed by atoms with Crippen molar-refractivity contribution in [3.05, 3.63) is 65.9 Å². The molecule has 0 aliphatic carbocycles. The summed E-state index contributed by atoms with van der Waals surface area (Å²) < 4.78 is 1.89. The highest BCUT2D eigenvalue weighted by Crippen LogP contribution is 2.27. The van der Waals surface area contributed by atoms with Crippen LogP contribution in [0.25, 0.3) is 5.69 Å². The number of thioether (sulfide) groups is 2. The van der Waals surface area contributed by atoms with Gasteiger partial charge in [-0.05, 0) is 30.3 Å². The van der Waals surface area contributed by atoms with Crippen LogP contribution in [0, 0.1) is 11.3 Å². The fourth-order valence-electron chi connectivity index (χ4n) is 2.34. The molecule has 5 nitrogen and oxygen atoms in total. The van der Waals surface area contributed by atoms with Gasteiger partial charge in [0.15, 0.2) is 5.16 Å². The van der Waals surface area contributed by atoms with Crippen molar-refractivity contribution in [3.63, 3.8) is 0 Å². The van der Waals surface area contributed by atoms with Crippen molar-refractivity contribution in [2.45, 2.75) is 10.1 Å². The van der Waals surface area contributed by atoms with Crippen LogP contribution in [0.15, 0.2) is 71.0 Å². The standard InChI is InChI=1S/C19H15ClN4OS2/c20-14-4-3-5-15(12-14)24-10-9-22-19(24)27-13-18(25)23-16-6-1-2-7-17(16)26-11-8-21/h1-7,9-10,12H,11,13H2,(H,23,25). The molecule has 136 valence electrons. The zero-order valence-corrected chi connectivity index (χ0v) is 16.5. The second kappa shape index (κ2) is 9.51. The van der Waals surface area contributed by atoms with Crippen molar-refractivity contribution in [3.8, 4) is 11.8 Å². The highest BCUT2D eigenvalue weighted by Gasteiger charge is 2.11. The lowest BCUT2D eigenvalue weighted by atomic mass is 10.3. The number of carbonyl (C=O) groups is 1. The maximum Gasteiger partial charge on any atom is 0.234 e. The van der Waals surface area contributed by atoms with Crippen molar-refractivity contribution in [2.75, 3.05) is 16.8 Å². The SMILES string of the molecule is N#CCSc1ccccc1NC(=O)CSc1nccn1-c1cccc(Cl)c1. The molecule has 0 fully saturated rings. The van der Waals surface area contributed by atoms with Gasteiger partial charge in [-0.3, -0.25) is 9.36 Å². The molecule has 0 aliphatic rings. The van der Waals surface area contributed by atoms with Crippen LogP contribution in [-0.2, 0) is 4.79 Å². The molecule has 3 aromatic rings. The maximum atomic E-state index is 12.4. The minimum atomic E-state index is -0.134. The van der Waals surface area contributed by atoms with Gasteiger partial charge in [-0.15, -0.1) is 11.8 Å². The number of aromatic nitrogens is 2. The number of anilines is 1. The number of halogens is 1. The summed E-state index contributed by atoms with van der Waals surface area (Å²) in [6.07, 6.45) is 3.52. The van der Waals surface area contributed by atoms with E-state index in [4.69, 9.17) is 16.9 Å². The first kappa shape index (κ1) is 19.4. The van der Waals surface area contributed by atoms with Crippen LogP contribution >= 0.6 is 35.1 Å². The minimum Gasteiger partial charge on any atom is -0.324 e. The van der Waals surface area contributed by atoms with E-state index in [9.17, 15) is 4.79 Å². The summed E-state index contributed by atoms with van der Waals surface area (Å²) in [6, 6.07) is 17.0. The van der Waals surface area contributed by atoms with E-state index in [1.54, 1.807) is 6.20 Å². The Kier molecular flexibility index (Phi) is 6.82. The summed E-state index contributed by atoms with van der Waals surface area (Å²) >= 11 is 8.79. The maximum absolute atomic E-state index is 12.4. The van der Waals surface area contributed by atoms with E-state index in [1.807, 2.05) is 59.3 Å². The van der Waals surface area contributed by atoms with Gasteiger partial charge >= 0.3 is 0 Å². The molecule has 0 atom stereocenters. The third-order valence-corrected chi connectivity index (χ3v) is 5.62.